The van der Waals surface area contributed by atoms with Crippen molar-refractivity contribution in [3.63, 3.8) is 0 Å². The molecule has 0 bridgehead atoms. The highest BCUT2D eigenvalue weighted by atomic mass is 16.7. The van der Waals surface area contributed by atoms with Crippen LogP contribution in [0.25, 0.3) is 0 Å². The number of nitrogens with zero attached hydrogens (tertiary/aromatic N) is 2. The first kappa shape index (κ1) is 26.1. The molecule has 6 nitrogen and oxygen atoms in total. The van der Waals surface area contributed by atoms with E-state index < -0.39 is 0 Å². The molecule has 2 unspecified atom stereocenters. The quantitative estimate of drug-likeness (QED) is 0.291. The second-order valence-electron chi connectivity index (χ2n) is 9.67. The zero-order chi connectivity index (χ0) is 23.5. The fourth-order valence-electron chi connectivity index (χ4n) is 5.30. The Bertz CT molecular complexity index is 697. The van der Waals surface area contributed by atoms with Crippen LogP contribution in [0.5, 0.6) is 0 Å². The number of unbranched alkanes of at least 4 members (excludes halogenated alkanes) is 1. The zero-order valence-corrected chi connectivity index (χ0v) is 21.0. The average Bonchev–Trinajstić information content (AvgIpc) is 3.41. The monoisotopic (exact) mass is 460 g/mol. The van der Waals surface area contributed by atoms with Crippen molar-refractivity contribution in [3.8, 4) is 0 Å². The van der Waals surface area contributed by atoms with Crippen molar-refractivity contribution in [3.05, 3.63) is 35.4 Å². The Balaban J connectivity index is 1.36. The highest BCUT2D eigenvalue weighted by Gasteiger charge is 2.35. The van der Waals surface area contributed by atoms with Crippen molar-refractivity contribution in [2.75, 3.05) is 53.6 Å². The number of fused-ring (bicyclic) bond motifs is 1. The SMILES string of the molecule is CCCCN(CC(OC)OC)C(=O)CCOCCc1cccc(CN2CC3CCCC3C2)c1. The predicted octanol–water partition coefficient (Wildman–Crippen LogP) is 4.12. The molecule has 0 radical (unpaired) electrons. The molecular weight excluding hydrogens is 416 g/mol. The Hall–Kier alpha value is -1.47. The molecule has 0 spiro atoms. The predicted molar refractivity (Wildman–Crippen MR) is 131 cm³/mol. The molecule has 3 rings (SSSR count). The highest BCUT2D eigenvalue weighted by molar-refractivity contribution is 5.76. The largest absolute Gasteiger partial charge is 0.381 e. The summed E-state index contributed by atoms with van der Waals surface area (Å²) in [5.74, 6) is 1.98. The number of carbonyl (C=O) groups excluding carboxylic acids is 1. The summed E-state index contributed by atoms with van der Waals surface area (Å²) in [6, 6.07) is 8.91. The van der Waals surface area contributed by atoms with Gasteiger partial charge in [0.2, 0.25) is 5.91 Å². The van der Waals surface area contributed by atoms with Crippen LogP contribution < -0.4 is 0 Å². The molecule has 1 aliphatic heterocycles. The number of likely N-dealkylation sites (tertiary alicyclic amines) is 1. The third-order valence-electron chi connectivity index (χ3n) is 7.22. The molecule has 0 N–H and O–H groups in total. The fourth-order valence-corrected chi connectivity index (χ4v) is 5.30. The van der Waals surface area contributed by atoms with Crippen LogP contribution in [-0.2, 0) is 32.0 Å². The maximum absolute atomic E-state index is 12.7. The van der Waals surface area contributed by atoms with Gasteiger partial charge in [0, 0.05) is 40.4 Å². The summed E-state index contributed by atoms with van der Waals surface area (Å²) in [5.41, 5.74) is 2.71. The molecule has 186 valence electrons. The van der Waals surface area contributed by atoms with Crippen LogP contribution in [0.1, 0.15) is 56.6 Å². The Labute approximate surface area is 200 Å². The zero-order valence-electron chi connectivity index (χ0n) is 21.0. The molecule has 1 amide bonds. The van der Waals surface area contributed by atoms with E-state index in [1.807, 2.05) is 4.90 Å². The van der Waals surface area contributed by atoms with Crippen LogP contribution in [0.4, 0.5) is 0 Å². The lowest BCUT2D eigenvalue weighted by atomic mass is 10.0. The van der Waals surface area contributed by atoms with E-state index in [1.165, 1.54) is 43.5 Å². The van der Waals surface area contributed by atoms with Crippen molar-refractivity contribution in [1.82, 2.24) is 9.80 Å². The second kappa shape index (κ2) is 14.1. The minimum absolute atomic E-state index is 0.0972. The Morgan fingerprint density at radius 2 is 1.85 bits per heavy atom. The third kappa shape index (κ3) is 8.36. The molecule has 1 saturated heterocycles. The summed E-state index contributed by atoms with van der Waals surface area (Å²) in [5, 5.41) is 0. The van der Waals surface area contributed by atoms with E-state index in [-0.39, 0.29) is 12.2 Å². The number of carbonyl (C=O) groups is 1. The van der Waals surface area contributed by atoms with E-state index in [1.54, 1.807) is 14.2 Å². The summed E-state index contributed by atoms with van der Waals surface area (Å²) in [6.07, 6.45) is 7.18. The van der Waals surface area contributed by atoms with Gasteiger partial charge in [-0.15, -0.1) is 0 Å². The lowest BCUT2D eigenvalue weighted by Gasteiger charge is -2.26. The number of benzene rings is 1. The lowest BCUT2D eigenvalue weighted by molar-refractivity contribution is -0.146. The summed E-state index contributed by atoms with van der Waals surface area (Å²) in [6.45, 7) is 8.00. The molecule has 2 fully saturated rings. The van der Waals surface area contributed by atoms with Crippen LogP contribution in [-0.4, -0.2) is 75.6 Å². The summed E-state index contributed by atoms with van der Waals surface area (Å²) in [4.78, 5) is 17.1. The van der Waals surface area contributed by atoms with Gasteiger partial charge in [0.1, 0.15) is 0 Å². The molecular formula is C27H44N2O4. The first-order valence-corrected chi connectivity index (χ1v) is 12.8. The first-order chi connectivity index (χ1) is 16.1. The summed E-state index contributed by atoms with van der Waals surface area (Å²) < 4.78 is 16.4. The number of methoxy groups -OCH3 is 2. The molecule has 1 aliphatic carbocycles. The molecule has 6 heteroatoms. The van der Waals surface area contributed by atoms with E-state index >= 15 is 0 Å². The van der Waals surface area contributed by atoms with Crippen molar-refractivity contribution in [2.45, 2.75) is 64.7 Å². The lowest BCUT2D eigenvalue weighted by Crippen LogP contribution is -2.40. The minimum Gasteiger partial charge on any atom is -0.381 e. The van der Waals surface area contributed by atoms with Crippen LogP contribution in [0.15, 0.2) is 24.3 Å². The molecule has 33 heavy (non-hydrogen) atoms. The van der Waals surface area contributed by atoms with Gasteiger partial charge in [0.25, 0.3) is 0 Å². The summed E-state index contributed by atoms with van der Waals surface area (Å²) >= 11 is 0. The topological polar surface area (TPSA) is 51.2 Å². The molecule has 1 aromatic rings. The molecule has 2 aliphatic rings. The number of ether oxygens (including phenoxy) is 3. The van der Waals surface area contributed by atoms with Crippen molar-refractivity contribution in [2.24, 2.45) is 11.8 Å². The van der Waals surface area contributed by atoms with E-state index in [0.29, 0.717) is 26.2 Å². The molecule has 1 aromatic carbocycles. The van der Waals surface area contributed by atoms with Gasteiger partial charge in [0.15, 0.2) is 6.29 Å². The third-order valence-corrected chi connectivity index (χ3v) is 7.22. The van der Waals surface area contributed by atoms with Crippen molar-refractivity contribution >= 4 is 5.91 Å². The van der Waals surface area contributed by atoms with Gasteiger partial charge in [0.05, 0.1) is 26.2 Å². The summed E-state index contributed by atoms with van der Waals surface area (Å²) in [7, 11) is 3.20. The van der Waals surface area contributed by atoms with Gasteiger partial charge in [-0.25, -0.2) is 0 Å². The second-order valence-corrected chi connectivity index (χ2v) is 9.67. The van der Waals surface area contributed by atoms with Crippen LogP contribution >= 0.6 is 0 Å². The van der Waals surface area contributed by atoms with E-state index in [4.69, 9.17) is 14.2 Å². The van der Waals surface area contributed by atoms with Crippen LogP contribution in [0, 0.1) is 11.8 Å². The molecule has 0 aromatic heterocycles. The van der Waals surface area contributed by atoms with E-state index in [2.05, 4.69) is 36.1 Å². The first-order valence-electron chi connectivity index (χ1n) is 12.8. The maximum atomic E-state index is 12.7. The normalized spacial score (nSPS) is 20.5. The maximum Gasteiger partial charge on any atom is 0.225 e. The number of rotatable bonds is 15. The number of amides is 1. The Morgan fingerprint density at radius 1 is 1.12 bits per heavy atom. The van der Waals surface area contributed by atoms with E-state index in [0.717, 1.165) is 44.2 Å². The Kier molecular flexibility index (Phi) is 11.1. The Morgan fingerprint density at radius 3 is 2.55 bits per heavy atom. The number of hydrogen-bond donors (Lipinski definition) is 0. The van der Waals surface area contributed by atoms with Gasteiger partial charge in [-0.05, 0) is 48.6 Å². The van der Waals surface area contributed by atoms with Crippen LogP contribution in [0.3, 0.4) is 0 Å². The van der Waals surface area contributed by atoms with Gasteiger partial charge in [-0.1, -0.05) is 44.0 Å². The highest BCUT2D eigenvalue weighted by Crippen LogP contribution is 2.38. The number of hydrogen-bond acceptors (Lipinski definition) is 5. The van der Waals surface area contributed by atoms with Crippen molar-refractivity contribution in [1.29, 1.82) is 0 Å². The standard InChI is InChI=1S/C27H44N2O4/c1-4-5-14-29(21-27(31-2)32-3)26(30)13-16-33-15-12-22-8-6-9-23(17-22)18-28-19-24-10-7-11-25(24)20-28/h6,8-9,17,24-25,27H,4-5,7,10-16,18-21H2,1-3H3. The van der Waals surface area contributed by atoms with Crippen molar-refractivity contribution < 1.29 is 19.0 Å². The average molecular weight is 461 g/mol. The smallest absolute Gasteiger partial charge is 0.225 e. The molecule has 2 atom stereocenters. The molecule has 1 saturated carbocycles. The fraction of sp³-hybridized carbons (Fsp3) is 0.741. The molecule has 1 heterocycles. The van der Waals surface area contributed by atoms with Gasteiger partial charge >= 0.3 is 0 Å². The minimum atomic E-state index is -0.390. The van der Waals surface area contributed by atoms with Gasteiger partial charge < -0.3 is 19.1 Å². The van der Waals surface area contributed by atoms with Gasteiger partial charge in [-0.2, -0.15) is 0 Å². The van der Waals surface area contributed by atoms with E-state index in [9.17, 15) is 4.79 Å². The van der Waals surface area contributed by atoms with Gasteiger partial charge in [-0.3, -0.25) is 9.69 Å². The van der Waals surface area contributed by atoms with Crippen LogP contribution in [0.2, 0.25) is 0 Å².